The van der Waals surface area contributed by atoms with Crippen LogP contribution in [0.15, 0.2) is 12.2 Å². The number of fused-ring (bicyclic) bond motifs is 1. The highest BCUT2D eigenvalue weighted by Gasteiger charge is 2.49. The Morgan fingerprint density at radius 1 is 1.35 bits per heavy atom. The number of ether oxygens (including phenoxy) is 3. The van der Waals surface area contributed by atoms with Crippen molar-refractivity contribution in [2.45, 2.75) is 44.0 Å². The van der Waals surface area contributed by atoms with Gasteiger partial charge in [0, 0.05) is 0 Å². The molecule has 4 atom stereocenters. The SMILES string of the molecule is COC(=O)N[C@H]1C=C[C@H](O)[C@@H]2OC(C)(C)O[C@@H]21. The average molecular weight is 243 g/mol. The van der Waals surface area contributed by atoms with Gasteiger partial charge in [-0.25, -0.2) is 4.79 Å². The summed E-state index contributed by atoms with van der Waals surface area (Å²) >= 11 is 0. The molecule has 6 nitrogen and oxygen atoms in total. The summed E-state index contributed by atoms with van der Waals surface area (Å²) in [5, 5.41) is 12.4. The predicted molar refractivity (Wildman–Crippen MR) is 58.3 cm³/mol. The molecule has 6 heteroatoms. The highest BCUT2D eigenvalue weighted by Crippen LogP contribution is 2.34. The number of alkyl carbamates (subject to hydrolysis) is 1. The van der Waals surface area contributed by atoms with Crippen LogP contribution in [0.5, 0.6) is 0 Å². The predicted octanol–water partition coefficient (Wildman–Crippen LogP) is 0.162. The van der Waals surface area contributed by atoms with Crippen molar-refractivity contribution in [1.82, 2.24) is 5.32 Å². The largest absolute Gasteiger partial charge is 0.453 e. The Bertz CT molecular complexity index is 341. The van der Waals surface area contributed by atoms with Crippen LogP contribution in [0.3, 0.4) is 0 Å². The monoisotopic (exact) mass is 243 g/mol. The third-order valence-electron chi connectivity index (χ3n) is 2.84. The maximum atomic E-state index is 11.2. The van der Waals surface area contributed by atoms with E-state index in [4.69, 9.17) is 9.47 Å². The standard InChI is InChI=1S/C11H17NO5/c1-11(2)16-8-6(12-10(14)15-3)4-5-7(13)9(8)17-11/h4-9,13H,1-3H3,(H,12,14)/t6-,7-,8+,9-/m0/s1. The fourth-order valence-corrected chi connectivity index (χ4v) is 2.14. The molecule has 0 aromatic carbocycles. The van der Waals surface area contributed by atoms with E-state index < -0.39 is 30.2 Å². The second-order valence-corrected chi connectivity index (χ2v) is 4.60. The Morgan fingerprint density at radius 2 is 2.00 bits per heavy atom. The number of hydrogen-bond donors (Lipinski definition) is 2. The molecule has 0 unspecified atom stereocenters. The molecule has 0 radical (unpaired) electrons. The molecule has 0 saturated carbocycles. The van der Waals surface area contributed by atoms with E-state index in [0.29, 0.717) is 0 Å². The van der Waals surface area contributed by atoms with Gasteiger partial charge in [0.2, 0.25) is 0 Å². The number of hydrogen-bond acceptors (Lipinski definition) is 5. The Hall–Kier alpha value is -1.11. The van der Waals surface area contributed by atoms with Gasteiger partial charge in [-0.15, -0.1) is 0 Å². The summed E-state index contributed by atoms with van der Waals surface area (Å²) in [5.41, 5.74) is 0. The van der Waals surface area contributed by atoms with Gasteiger partial charge in [0.1, 0.15) is 18.3 Å². The Morgan fingerprint density at radius 3 is 2.65 bits per heavy atom. The van der Waals surface area contributed by atoms with Gasteiger partial charge in [-0.1, -0.05) is 12.2 Å². The molecule has 0 aromatic rings. The summed E-state index contributed by atoms with van der Waals surface area (Å²) in [5.74, 6) is -0.765. The first-order chi connectivity index (χ1) is 7.93. The molecule has 1 amide bonds. The number of nitrogens with one attached hydrogen (secondary N) is 1. The van der Waals surface area contributed by atoms with Gasteiger partial charge in [-0.3, -0.25) is 0 Å². The average Bonchev–Trinajstić information content (AvgIpc) is 2.59. The van der Waals surface area contributed by atoms with Crippen LogP contribution in [0.1, 0.15) is 13.8 Å². The summed E-state index contributed by atoms with van der Waals surface area (Å²) in [6.45, 7) is 3.54. The molecule has 1 saturated heterocycles. The highest BCUT2D eigenvalue weighted by atomic mass is 16.8. The van der Waals surface area contributed by atoms with Gasteiger partial charge < -0.3 is 24.6 Å². The van der Waals surface area contributed by atoms with E-state index in [0.717, 1.165) is 0 Å². The van der Waals surface area contributed by atoms with Crippen LogP contribution < -0.4 is 5.32 Å². The zero-order valence-corrected chi connectivity index (χ0v) is 10.0. The van der Waals surface area contributed by atoms with Crippen molar-refractivity contribution in [3.05, 3.63) is 12.2 Å². The maximum absolute atomic E-state index is 11.2. The normalized spacial score (nSPS) is 38.6. The quantitative estimate of drug-likeness (QED) is 0.642. The van der Waals surface area contributed by atoms with E-state index in [2.05, 4.69) is 10.1 Å². The van der Waals surface area contributed by atoms with Crippen LogP contribution in [0.4, 0.5) is 4.79 Å². The van der Waals surface area contributed by atoms with Crippen molar-refractivity contribution in [3.8, 4) is 0 Å². The van der Waals surface area contributed by atoms with Crippen LogP contribution in [-0.4, -0.2) is 48.5 Å². The number of aliphatic hydroxyl groups excluding tert-OH is 1. The van der Waals surface area contributed by atoms with Gasteiger partial charge >= 0.3 is 6.09 Å². The third kappa shape index (κ3) is 2.43. The van der Waals surface area contributed by atoms with Crippen LogP contribution in [-0.2, 0) is 14.2 Å². The Balaban J connectivity index is 2.13. The molecule has 2 rings (SSSR count). The number of aliphatic hydroxyl groups is 1. The highest BCUT2D eigenvalue weighted by molar-refractivity contribution is 5.67. The van der Waals surface area contributed by atoms with E-state index in [-0.39, 0.29) is 6.04 Å². The van der Waals surface area contributed by atoms with E-state index in [1.165, 1.54) is 7.11 Å². The van der Waals surface area contributed by atoms with Crippen molar-refractivity contribution in [3.63, 3.8) is 0 Å². The van der Waals surface area contributed by atoms with Gasteiger partial charge in [-0.05, 0) is 13.8 Å². The molecular formula is C11H17NO5. The van der Waals surface area contributed by atoms with Crippen LogP contribution in [0, 0.1) is 0 Å². The molecule has 1 fully saturated rings. The number of methoxy groups -OCH3 is 1. The molecule has 0 bridgehead atoms. The van der Waals surface area contributed by atoms with E-state index in [9.17, 15) is 9.90 Å². The fourth-order valence-electron chi connectivity index (χ4n) is 2.14. The van der Waals surface area contributed by atoms with Crippen molar-refractivity contribution in [2.24, 2.45) is 0 Å². The van der Waals surface area contributed by atoms with Crippen LogP contribution in [0.2, 0.25) is 0 Å². The van der Waals surface area contributed by atoms with Gasteiger partial charge in [-0.2, -0.15) is 0 Å². The lowest BCUT2D eigenvalue weighted by atomic mass is 9.94. The molecule has 0 spiro atoms. The minimum absolute atomic E-state index is 0.363. The Kier molecular flexibility index (Phi) is 3.11. The lowest BCUT2D eigenvalue weighted by Gasteiger charge is -2.30. The van der Waals surface area contributed by atoms with Gasteiger partial charge in [0.25, 0.3) is 0 Å². The molecule has 96 valence electrons. The second kappa shape index (κ2) is 4.29. The molecule has 1 aliphatic heterocycles. The molecule has 0 aromatic heterocycles. The minimum Gasteiger partial charge on any atom is -0.453 e. The number of carbonyl (C=O) groups excluding carboxylic acids is 1. The molecular weight excluding hydrogens is 226 g/mol. The zero-order valence-electron chi connectivity index (χ0n) is 10.0. The summed E-state index contributed by atoms with van der Waals surface area (Å²) in [6.07, 6.45) is 1.13. The summed E-state index contributed by atoms with van der Waals surface area (Å²) in [4.78, 5) is 11.2. The third-order valence-corrected chi connectivity index (χ3v) is 2.84. The zero-order chi connectivity index (χ0) is 12.6. The Labute approximate surface area is 99.5 Å². The second-order valence-electron chi connectivity index (χ2n) is 4.60. The number of carbonyl (C=O) groups is 1. The molecule has 2 aliphatic rings. The van der Waals surface area contributed by atoms with Crippen LogP contribution >= 0.6 is 0 Å². The summed E-state index contributed by atoms with van der Waals surface area (Å²) < 4.78 is 15.8. The molecule has 2 N–H and O–H groups in total. The van der Waals surface area contributed by atoms with Crippen molar-refractivity contribution < 1.29 is 24.1 Å². The number of rotatable bonds is 1. The smallest absolute Gasteiger partial charge is 0.407 e. The first-order valence-electron chi connectivity index (χ1n) is 5.49. The van der Waals surface area contributed by atoms with E-state index >= 15 is 0 Å². The minimum atomic E-state index is -0.765. The van der Waals surface area contributed by atoms with Gasteiger partial charge in [0.15, 0.2) is 5.79 Å². The number of amides is 1. The van der Waals surface area contributed by atoms with Gasteiger partial charge in [0.05, 0.1) is 13.2 Å². The lowest BCUT2D eigenvalue weighted by molar-refractivity contribution is -0.152. The van der Waals surface area contributed by atoms with Crippen molar-refractivity contribution >= 4 is 6.09 Å². The molecule has 17 heavy (non-hydrogen) atoms. The van der Waals surface area contributed by atoms with Crippen LogP contribution in [0.25, 0.3) is 0 Å². The van der Waals surface area contributed by atoms with Crippen molar-refractivity contribution in [2.75, 3.05) is 7.11 Å². The fraction of sp³-hybridized carbons (Fsp3) is 0.727. The summed E-state index contributed by atoms with van der Waals surface area (Å²) in [6, 6.07) is -0.363. The first-order valence-corrected chi connectivity index (χ1v) is 5.49. The van der Waals surface area contributed by atoms with E-state index in [1.54, 1.807) is 26.0 Å². The first kappa shape index (κ1) is 12.3. The topological polar surface area (TPSA) is 77.0 Å². The summed E-state index contributed by atoms with van der Waals surface area (Å²) in [7, 11) is 1.30. The lowest BCUT2D eigenvalue weighted by Crippen LogP contribution is -2.51. The van der Waals surface area contributed by atoms with E-state index in [1.807, 2.05) is 0 Å². The van der Waals surface area contributed by atoms with Crippen molar-refractivity contribution in [1.29, 1.82) is 0 Å². The molecule has 1 heterocycles. The molecule has 1 aliphatic carbocycles. The maximum Gasteiger partial charge on any atom is 0.407 e.